The van der Waals surface area contributed by atoms with Gasteiger partial charge < -0.3 is 9.47 Å². The zero-order chi connectivity index (χ0) is 11.4. The van der Waals surface area contributed by atoms with Crippen molar-refractivity contribution >= 4 is 21.7 Å². The smallest absolute Gasteiger partial charge is 0.180 e. The van der Waals surface area contributed by atoms with Crippen molar-refractivity contribution in [2.24, 2.45) is 0 Å². The predicted octanol–water partition coefficient (Wildman–Crippen LogP) is 2.67. The molecule has 0 radical (unpaired) electrons. The fourth-order valence-electron chi connectivity index (χ4n) is 1.22. The second-order valence-corrected chi connectivity index (χ2v) is 4.42. The van der Waals surface area contributed by atoms with Gasteiger partial charge in [0.05, 0.1) is 24.6 Å². The van der Waals surface area contributed by atoms with E-state index in [4.69, 9.17) is 9.47 Å². The molecule has 0 aromatic heterocycles. The summed E-state index contributed by atoms with van der Waals surface area (Å²) in [6, 6.07) is 5.16. The van der Waals surface area contributed by atoms with Crippen LogP contribution in [0.5, 0.6) is 11.5 Å². The van der Waals surface area contributed by atoms with Gasteiger partial charge in [-0.15, -0.1) is 0 Å². The molecule has 0 spiro atoms. The van der Waals surface area contributed by atoms with Crippen LogP contribution in [0.15, 0.2) is 18.2 Å². The van der Waals surface area contributed by atoms with Gasteiger partial charge >= 0.3 is 0 Å². The molecule has 0 saturated heterocycles. The highest BCUT2D eigenvalue weighted by Crippen LogP contribution is 2.26. The highest BCUT2D eigenvalue weighted by Gasteiger charge is 2.17. The Hall–Kier alpha value is -1.03. The first-order valence-corrected chi connectivity index (χ1v) is 5.42. The summed E-state index contributed by atoms with van der Waals surface area (Å²) in [5.74, 6) is 1.19. The Labute approximate surface area is 97.5 Å². The summed E-state index contributed by atoms with van der Waals surface area (Å²) in [5.41, 5.74) is 0.529. The van der Waals surface area contributed by atoms with Crippen LogP contribution in [0.1, 0.15) is 17.3 Å². The first kappa shape index (κ1) is 12.0. The van der Waals surface area contributed by atoms with Crippen molar-refractivity contribution in [1.82, 2.24) is 0 Å². The second kappa shape index (κ2) is 5.16. The molecule has 82 valence electrons. The average Bonchev–Trinajstić information content (AvgIpc) is 2.27. The summed E-state index contributed by atoms with van der Waals surface area (Å²) in [6.45, 7) is 1.78. The van der Waals surface area contributed by atoms with Crippen LogP contribution < -0.4 is 9.47 Å². The maximum Gasteiger partial charge on any atom is 0.180 e. The molecule has 1 atom stereocenters. The molecule has 0 amide bonds. The molecule has 0 N–H and O–H groups in total. The lowest BCUT2D eigenvalue weighted by molar-refractivity contribution is 0.0992. The number of Topliss-reactive ketones (excluding diaryl/α,β-unsaturated/α-hetero) is 1. The minimum atomic E-state index is -0.237. The number of carbonyl (C=O) groups is 1. The van der Waals surface area contributed by atoms with Gasteiger partial charge in [-0.2, -0.15) is 0 Å². The van der Waals surface area contributed by atoms with Crippen LogP contribution in [0.2, 0.25) is 0 Å². The summed E-state index contributed by atoms with van der Waals surface area (Å²) in [7, 11) is 3.10. The van der Waals surface area contributed by atoms with Gasteiger partial charge in [0.25, 0.3) is 0 Å². The molecule has 0 aliphatic rings. The highest BCUT2D eigenvalue weighted by molar-refractivity contribution is 9.10. The monoisotopic (exact) mass is 272 g/mol. The van der Waals surface area contributed by atoms with Crippen molar-refractivity contribution in [1.29, 1.82) is 0 Å². The van der Waals surface area contributed by atoms with Crippen LogP contribution in [0.4, 0.5) is 0 Å². The predicted molar refractivity (Wildman–Crippen MR) is 62.3 cm³/mol. The minimum absolute atomic E-state index is 0.0225. The third-order valence-corrected chi connectivity index (χ3v) is 2.45. The maximum absolute atomic E-state index is 11.8. The molecule has 4 heteroatoms. The number of benzene rings is 1. The van der Waals surface area contributed by atoms with Gasteiger partial charge in [-0.25, -0.2) is 0 Å². The summed E-state index contributed by atoms with van der Waals surface area (Å²) in [6.07, 6.45) is 0. The van der Waals surface area contributed by atoms with Crippen LogP contribution in [0.25, 0.3) is 0 Å². The molecule has 3 nitrogen and oxygen atoms in total. The van der Waals surface area contributed by atoms with E-state index in [0.717, 1.165) is 0 Å². The second-order valence-electron chi connectivity index (χ2n) is 3.05. The fraction of sp³-hybridized carbons (Fsp3) is 0.364. The van der Waals surface area contributed by atoms with Gasteiger partial charge in [0.15, 0.2) is 5.78 Å². The van der Waals surface area contributed by atoms with Gasteiger partial charge in [-0.05, 0) is 25.1 Å². The number of rotatable bonds is 4. The molecule has 0 fully saturated rings. The summed E-state index contributed by atoms with van der Waals surface area (Å²) in [5, 5.41) is 0. The zero-order valence-corrected chi connectivity index (χ0v) is 10.5. The van der Waals surface area contributed by atoms with E-state index in [0.29, 0.717) is 17.1 Å². The number of halogens is 1. The van der Waals surface area contributed by atoms with Crippen molar-refractivity contribution in [2.45, 2.75) is 11.8 Å². The Morgan fingerprint density at radius 3 is 2.47 bits per heavy atom. The summed E-state index contributed by atoms with van der Waals surface area (Å²) in [4.78, 5) is 11.6. The van der Waals surface area contributed by atoms with E-state index >= 15 is 0 Å². The number of hydrogen-bond donors (Lipinski definition) is 0. The lowest BCUT2D eigenvalue weighted by Gasteiger charge is -2.10. The molecule has 15 heavy (non-hydrogen) atoms. The van der Waals surface area contributed by atoms with Crippen LogP contribution in [0, 0.1) is 0 Å². The number of methoxy groups -OCH3 is 2. The van der Waals surface area contributed by atoms with Crippen molar-refractivity contribution in [2.75, 3.05) is 14.2 Å². The van der Waals surface area contributed by atoms with Gasteiger partial charge in [0, 0.05) is 0 Å². The van der Waals surface area contributed by atoms with Crippen LogP contribution in [0.3, 0.4) is 0 Å². The van der Waals surface area contributed by atoms with Crippen LogP contribution >= 0.6 is 15.9 Å². The van der Waals surface area contributed by atoms with Crippen LogP contribution in [-0.4, -0.2) is 24.8 Å². The quantitative estimate of drug-likeness (QED) is 0.625. The van der Waals surface area contributed by atoms with Gasteiger partial charge in [-0.1, -0.05) is 15.9 Å². The number of ketones is 1. The Morgan fingerprint density at radius 2 is 2.00 bits per heavy atom. The molecule has 0 aliphatic carbocycles. The molecule has 0 unspecified atom stereocenters. The standard InChI is InChI=1S/C11H13BrO3/c1-7(12)11(13)9-6-8(14-2)4-5-10(9)15-3/h4-7H,1-3H3/t7-/m1/s1. The third kappa shape index (κ3) is 2.72. The largest absolute Gasteiger partial charge is 0.497 e. The molecule has 0 heterocycles. The van der Waals surface area contributed by atoms with Crippen molar-refractivity contribution in [3.8, 4) is 11.5 Å². The lowest BCUT2D eigenvalue weighted by Crippen LogP contribution is -2.11. The number of ether oxygens (including phenoxy) is 2. The van der Waals surface area contributed by atoms with Gasteiger partial charge in [-0.3, -0.25) is 4.79 Å². The molecule has 1 aromatic rings. The fourth-order valence-corrected chi connectivity index (χ4v) is 1.47. The summed E-state index contributed by atoms with van der Waals surface area (Å²) >= 11 is 3.24. The molecule has 1 aromatic carbocycles. The van der Waals surface area contributed by atoms with Crippen LogP contribution in [-0.2, 0) is 0 Å². The van der Waals surface area contributed by atoms with Gasteiger partial charge in [0.1, 0.15) is 11.5 Å². The minimum Gasteiger partial charge on any atom is -0.497 e. The highest BCUT2D eigenvalue weighted by atomic mass is 79.9. The van der Waals surface area contributed by atoms with E-state index in [1.807, 2.05) is 0 Å². The van der Waals surface area contributed by atoms with Crippen molar-refractivity contribution in [3.05, 3.63) is 23.8 Å². The molecule has 0 aliphatic heterocycles. The first-order valence-electron chi connectivity index (χ1n) is 4.50. The number of carbonyl (C=O) groups excluding carboxylic acids is 1. The molecule has 0 saturated carbocycles. The Kier molecular flexibility index (Phi) is 4.15. The Bertz CT molecular complexity index is 361. The third-order valence-electron chi connectivity index (χ3n) is 2.03. The zero-order valence-electron chi connectivity index (χ0n) is 8.91. The normalized spacial score (nSPS) is 12.0. The van der Waals surface area contributed by atoms with E-state index in [-0.39, 0.29) is 10.6 Å². The molecule has 0 bridgehead atoms. The SMILES string of the molecule is COc1ccc(OC)c(C(=O)[C@@H](C)Br)c1. The van der Waals surface area contributed by atoms with E-state index < -0.39 is 0 Å². The Balaban J connectivity index is 3.17. The average molecular weight is 273 g/mol. The molecular formula is C11H13BrO3. The summed E-state index contributed by atoms with van der Waals surface area (Å²) < 4.78 is 10.2. The van der Waals surface area contributed by atoms with E-state index in [1.54, 1.807) is 32.2 Å². The Morgan fingerprint density at radius 1 is 1.33 bits per heavy atom. The lowest BCUT2D eigenvalue weighted by atomic mass is 10.1. The van der Waals surface area contributed by atoms with Crippen molar-refractivity contribution < 1.29 is 14.3 Å². The molecule has 1 rings (SSSR count). The first-order chi connectivity index (χ1) is 7.10. The van der Waals surface area contributed by atoms with E-state index in [2.05, 4.69) is 15.9 Å². The van der Waals surface area contributed by atoms with E-state index in [1.165, 1.54) is 7.11 Å². The van der Waals surface area contributed by atoms with Gasteiger partial charge in [0.2, 0.25) is 0 Å². The number of alkyl halides is 1. The van der Waals surface area contributed by atoms with Crippen molar-refractivity contribution in [3.63, 3.8) is 0 Å². The maximum atomic E-state index is 11.8. The molecular weight excluding hydrogens is 260 g/mol. The number of hydrogen-bond acceptors (Lipinski definition) is 3. The topological polar surface area (TPSA) is 35.5 Å². The van der Waals surface area contributed by atoms with E-state index in [9.17, 15) is 4.79 Å².